The molecular formula is C12H15NO. The predicted molar refractivity (Wildman–Crippen MR) is 54.8 cm³/mol. The summed E-state index contributed by atoms with van der Waals surface area (Å²) in [6, 6.07) is 9.49. The van der Waals surface area contributed by atoms with Crippen LogP contribution in [-0.2, 0) is 6.54 Å². The van der Waals surface area contributed by atoms with Crippen molar-refractivity contribution in [2.24, 2.45) is 0 Å². The van der Waals surface area contributed by atoms with E-state index >= 15 is 0 Å². The number of fused-ring (bicyclic) bond motifs is 1. The Morgan fingerprint density at radius 2 is 2.07 bits per heavy atom. The van der Waals surface area contributed by atoms with Crippen LogP contribution in [0.2, 0.25) is 0 Å². The van der Waals surface area contributed by atoms with Crippen molar-refractivity contribution < 1.29 is 5.11 Å². The molecule has 14 heavy (non-hydrogen) atoms. The maximum absolute atomic E-state index is 9.42. The highest BCUT2D eigenvalue weighted by Crippen LogP contribution is 2.41. The fraction of sp³-hybridized carbons (Fsp3) is 0.500. The van der Waals surface area contributed by atoms with E-state index in [0.29, 0.717) is 0 Å². The van der Waals surface area contributed by atoms with Crippen LogP contribution in [0.15, 0.2) is 24.3 Å². The third-order valence-electron chi connectivity index (χ3n) is 3.36. The molecule has 1 aliphatic heterocycles. The smallest absolute Gasteiger partial charge is 0.0628 e. The second-order valence-electron chi connectivity index (χ2n) is 4.30. The van der Waals surface area contributed by atoms with E-state index in [2.05, 4.69) is 29.2 Å². The van der Waals surface area contributed by atoms with Gasteiger partial charge in [0.05, 0.1) is 12.6 Å². The molecule has 2 nitrogen and oxygen atoms in total. The number of nitrogens with zero attached hydrogens (tertiary/aromatic N) is 1. The number of aliphatic hydroxyl groups is 1. The molecule has 1 fully saturated rings. The molecule has 1 N–H and O–H groups in total. The Kier molecular flexibility index (Phi) is 1.85. The molecule has 3 rings (SSSR count). The van der Waals surface area contributed by atoms with E-state index in [-0.39, 0.29) is 12.6 Å². The van der Waals surface area contributed by atoms with Crippen molar-refractivity contribution in [3.8, 4) is 0 Å². The summed E-state index contributed by atoms with van der Waals surface area (Å²) in [5, 5.41) is 9.42. The first-order valence-electron chi connectivity index (χ1n) is 5.34. The molecule has 0 aromatic heterocycles. The van der Waals surface area contributed by atoms with Gasteiger partial charge in [-0.3, -0.25) is 4.90 Å². The SMILES string of the molecule is OCC1c2ccccc2CN1C1CC1. The first kappa shape index (κ1) is 8.45. The van der Waals surface area contributed by atoms with Crippen LogP contribution in [-0.4, -0.2) is 22.7 Å². The normalized spacial score (nSPS) is 26.5. The standard InChI is InChI=1S/C12H15NO/c14-8-12-11-4-2-1-3-9(11)7-13(12)10-5-6-10/h1-4,10,12,14H,5-8H2. The van der Waals surface area contributed by atoms with Crippen molar-refractivity contribution in [2.75, 3.05) is 6.61 Å². The van der Waals surface area contributed by atoms with Gasteiger partial charge in [-0.2, -0.15) is 0 Å². The predicted octanol–water partition coefficient (Wildman–Crippen LogP) is 1.70. The van der Waals surface area contributed by atoms with Crippen LogP contribution in [0.4, 0.5) is 0 Å². The second kappa shape index (κ2) is 3.07. The van der Waals surface area contributed by atoms with Crippen molar-refractivity contribution in [3.05, 3.63) is 35.4 Å². The maximum atomic E-state index is 9.42. The quantitative estimate of drug-likeness (QED) is 0.765. The van der Waals surface area contributed by atoms with Gasteiger partial charge in [0.1, 0.15) is 0 Å². The summed E-state index contributed by atoms with van der Waals surface area (Å²) in [5.74, 6) is 0. The summed E-state index contributed by atoms with van der Waals surface area (Å²) in [6.45, 7) is 1.29. The summed E-state index contributed by atoms with van der Waals surface area (Å²) >= 11 is 0. The van der Waals surface area contributed by atoms with Crippen molar-refractivity contribution in [2.45, 2.75) is 31.5 Å². The highest BCUT2D eigenvalue weighted by Gasteiger charge is 2.38. The zero-order valence-electron chi connectivity index (χ0n) is 8.19. The second-order valence-corrected chi connectivity index (χ2v) is 4.30. The zero-order chi connectivity index (χ0) is 9.54. The molecule has 0 saturated heterocycles. The Morgan fingerprint density at radius 1 is 1.29 bits per heavy atom. The first-order chi connectivity index (χ1) is 6.90. The number of aliphatic hydroxyl groups excluding tert-OH is 1. The van der Waals surface area contributed by atoms with Crippen LogP contribution in [0, 0.1) is 0 Å². The van der Waals surface area contributed by atoms with E-state index < -0.39 is 0 Å². The van der Waals surface area contributed by atoms with E-state index in [4.69, 9.17) is 0 Å². The van der Waals surface area contributed by atoms with Crippen LogP contribution in [0.3, 0.4) is 0 Å². The van der Waals surface area contributed by atoms with Gasteiger partial charge >= 0.3 is 0 Å². The summed E-state index contributed by atoms with van der Waals surface area (Å²) in [6.07, 6.45) is 2.62. The van der Waals surface area contributed by atoms with Crippen molar-refractivity contribution in [1.29, 1.82) is 0 Å². The van der Waals surface area contributed by atoms with E-state index in [9.17, 15) is 5.11 Å². The Hall–Kier alpha value is -0.860. The van der Waals surface area contributed by atoms with Gasteiger partial charge in [-0.15, -0.1) is 0 Å². The Morgan fingerprint density at radius 3 is 2.79 bits per heavy atom. The molecule has 0 bridgehead atoms. The van der Waals surface area contributed by atoms with E-state index in [1.54, 1.807) is 0 Å². The number of benzene rings is 1. The number of hydrogen-bond acceptors (Lipinski definition) is 2. The van der Waals surface area contributed by atoms with Gasteiger partial charge in [0.15, 0.2) is 0 Å². The molecular weight excluding hydrogens is 174 g/mol. The Bertz CT molecular complexity index is 346. The lowest BCUT2D eigenvalue weighted by atomic mass is 10.1. The summed E-state index contributed by atoms with van der Waals surface area (Å²) < 4.78 is 0. The lowest BCUT2D eigenvalue weighted by molar-refractivity contribution is 0.128. The van der Waals surface area contributed by atoms with Crippen molar-refractivity contribution in [1.82, 2.24) is 4.90 Å². The highest BCUT2D eigenvalue weighted by molar-refractivity contribution is 5.34. The largest absolute Gasteiger partial charge is 0.394 e. The minimum absolute atomic E-state index is 0.257. The van der Waals surface area contributed by atoms with Gasteiger partial charge in [-0.1, -0.05) is 24.3 Å². The lowest BCUT2D eigenvalue weighted by Gasteiger charge is -2.22. The molecule has 1 aromatic carbocycles. The average Bonchev–Trinajstić information content (AvgIpc) is 2.99. The molecule has 1 unspecified atom stereocenters. The Labute approximate surface area is 84.2 Å². The van der Waals surface area contributed by atoms with E-state index in [1.807, 2.05) is 0 Å². The van der Waals surface area contributed by atoms with Crippen molar-refractivity contribution >= 4 is 0 Å². The molecule has 1 heterocycles. The van der Waals surface area contributed by atoms with E-state index in [1.165, 1.54) is 24.0 Å². The number of rotatable bonds is 2. The summed E-state index contributed by atoms with van der Waals surface area (Å²) in [7, 11) is 0. The monoisotopic (exact) mass is 189 g/mol. The lowest BCUT2D eigenvalue weighted by Crippen LogP contribution is -2.26. The minimum Gasteiger partial charge on any atom is -0.394 e. The van der Waals surface area contributed by atoms with Crippen LogP contribution < -0.4 is 0 Å². The first-order valence-corrected chi connectivity index (χ1v) is 5.34. The molecule has 0 amide bonds. The maximum Gasteiger partial charge on any atom is 0.0628 e. The molecule has 0 radical (unpaired) electrons. The van der Waals surface area contributed by atoms with Crippen LogP contribution in [0.25, 0.3) is 0 Å². The average molecular weight is 189 g/mol. The van der Waals surface area contributed by atoms with Crippen LogP contribution >= 0.6 is 0 Å². The Balaban J connectivity index is 1.96. The van der Waals surface area contributed by atoms with Crippen LogP contribution in [0.1, 0.15) is 30.0 Å². The van der Waals surface area contributed by atoms with Gasteiger partial charge in [-0.05, 0) is 24.0 Å². The molecule has 1 aliphatic carbocycles. The molecule has 74 valence electrons. The fourth-order valence-electron chi connectivity index (χ4n) is 2.48. The van der Waals surface area contributed by atoms with Gasteiger partial charge in [-0.25, -0.2) is 0 Å². The topological polar surface area (TPSA) is 23.5 Å². The van der Waals surface area contributed by atoms with Gasteiger partial charge in [0.2, 0.25) is 0 Å². The molecule has 1 aromatic rings. The van der Waals surface area contributed by atoms with Gasteiger partial charge in [0.25, 0.3) is 0 Å². The zero-order valence-corrected chi connectivity index (χ0v) is 8.19. The van der Waals surface area contributed by atoms with E-state index in [0.717, 1.165) is 12.6 Å². The summed E-state index contributed by atoms with van der Waals surface area (Å²) in [5.41, 5.74) is 2.74. The molecule has 1 saturated carbocycles. The van der Waals surface area contributed by atoms with Crippen LogP contribution in [0.5, 0.6) is 0 Å². The third kappa shape index (κ3) is 1.18. The molecule has 0 spiro atoms. The minimum atomic E-state index is 0.257. The van der Waals surface area contributed by atoms with Gasteiger partial charge in [0, 0.05) is 12.6 Å². The fourth-order valence-corrected chi connectivity index (χ4v) is 2.48. The summed E-state index contributed by atoms with van der Waals surface area (Å²) in [4.78, 5) is 2.45. The van der Waals surface area contributed by atoms with Gasteiger partial charge < -0.3 is 5.11 Å². The third-order valence-corrected chi connectivity index (χ3v) is 3.36. The molecule has 2 aliphatic rings. The van der Waals surface area contributed by atoms with Crippen molar-refractivity contribution in [3.63, 3.8) is 0 Å². The molecule has 1 atom stereocenters. The highest BCUT2D eigenvalue weighted by atomic mass is 16.3. The molecule has 2 heteroatoms. The number of hydrogen-bond donors (Lipinski definition) is 1.